The summed E-state index contributed by atoms with van der Waals surface area (Å²) in [6.45, 7) is 5.95. The molecule has 1 saturated heterocycles. The number of nitrogens with one attached hydrogen (secondary N) is 1. The molecule has 1 aliphatic heterocycles. The Balaban J connectivity index is 1.89. The van der Waals surface area contributed by atoms with Crippen LogP contribution in [0.25, 0.3) is 0 Å². The van der Waals surface area contributed by atoms with Crippen LogP contribution in [0, 0.1) is 0 Å². The van der Waals surface area contributed by atoms with E-state index in [1.165, 1.54) is 6.92 Å². The van der Waals surface area contributed by atoms with Crippen molar-refractivity contribution in [2.75, 3.05) is 38.0 Å². The largest absolute Gasteiger partial charge is 0.340 e. The monoisotopic (exact) mass is 303 g/mol. The molecule has 22 heavy (non-hydrogen) atoms. The van der Waals surface area contributed by atoms with Crippen LogP contribution < -0.4 is 5.32 Å². The lowest BCUT2D eigenvalue weighted by atomic mass is 10.1. The maximum Gasteiger partial charge on any atom is 0.238 e. The highest BCUT2D eigenvalue weighted by molar-refractivity contribution is 6.04. The van der Waals surface area contributed by atoms with Crippen molar-refractivity contribution in [1.29, 1.82) is 0 Å². The average Bonchev–Trinajstić information content (AvgIpc) is 2.48. The summed E-state index contributed by atoms with van der Waals surface area (Å²) in [5, 5.41) is 2.79. The number of rotatable bonds is 4. The number of hydrogen-bond donors (Lipinski definition) is 1. The van der Waals surface area contributed by atoms with E-state index >= 15 is 0 Å². The van der Waals surface area contributed by atoms with Gasteiger partial charge in [-0.15, -0.1) is 0 Å². The van der Waals surface area contributed by atoms with Crippen LogP contribution in [0.4, 0.5) is 5.69 Å². The second-order valence-electron chi connectivity index (χ2n) is 5.43. The first-order valence-corrected chi connectivity index (χ1v) is 7.35. The topological polar surface area (TPSA) is 69.7 Å². The predicted octanol–water partition coefficient (Wildman–Crippen LogP) is 0.992. The molecule has 0 saturated carbocycles. The van der Waals surface area contributed by atoms with Gasteiger partial charge in [-0.1, -0.05) is 12.1 Å². The average molecular weight is 303 g/mol. The number of para-hydroxylation sites is 1. The lowest BCUT2D eigenvalue weighted by molar-refractivity contribution is -0.130. The van der Waals surface area contributed by atoms with Crippen LogP contribution in [0.15, 0.2) is 24.3 Å². The van der Waals surface area contributed by atoms with Crippen molar-refractivity contribution in [3.8, 4) is 0 Å². The van der Waals surface area contributed by atoms with Gasteiger partial charge in [0.2, 0.25) is 11.8 Å². The molecule has 1 aromatic carbocycles. The second kappa shape index (κ2) is 7.17. The molecule has 2 rings (SSSR count). The summed E-state index contributed by atoms with van der Waals surface area (Å²) in [5.41, 5.74) is 1.06. The number of Topliss-reactive ketones (excluding diaryl/α,β-unsaturated/α-hetero) is 1. The molecule has 1 N–H and O–H groups in total. The van der Waals surface area contributed by atoms with Gasteiger partial charge in [0.1, 0.15) is 0 Å². The Morgan fingerprint density at radius 2 is 1.68 bits per heavy atom. The number of nitrogens with zero attached hydrogens (tertiary/aromatic N) is 2. The molecule has 0 aliphatic carbocycles. The first-order valence-electron chi connectivity index (χ1n) is 7.35. The predicted molar refractivity (Wildman–Crippen MR) is 83.8 cm³/mol. The number of anilines is 1. The third-order valence-electron chi connectivity index (χ3n) is 3.77. The minimum atomic E-state index is -0.148. The molecule has 0 unspecified atom stereocenters. The van der Waals surface area contributed by atoms with Gasteiger partial charge in [0, 0.05) is 38.7 Å². The molecule has 6 heteroatoms. The van der Waals surface area contributed by atoms with Crippen LogP contribution in [0.2, 0.25) is 0 Å². The van der Waals surface area contributed by atoms with Gasteiger partial charge in [-0.2, -0.15) is 0 Å². The van der Waals surface area contributed by atoms with E-state index in [1.54, 1.807) is 36.1 Å². The van der Waals surface area contributed by atoms with E-state index in [2.05, 4.69) is 5.32 Å². The highest BCUT2D eigenvalue weighted by Gasteiger charge is 2.20. The van der Waals surface area contributed by atoms with Gasteiger partial charge in [-0.3, -0.25) is 19.3 Å². The third kappa shape index (κ3) is 4.14. The van der Waals surface area contributed by atoms with Gasteiger partial charge in [-0.05, 0) is 19.1 Å². The molecular formula is C16H21N3O3. The van der Waals surface area contributed by atoms with Crippen LogP contribution >= 0.6 is 0 Å². The SMILES string of the molecule is CC(=O)c1ccccc1NC(=O)CN1CCN(C(C)=O)CC1. The molecule has 1 aromatic rings. The minimum Gasteiger partial charge on any atom is -0.340 e. The molecule has 1 heterocycles. The van der Waals surface area contributed by atoms with Gasteiger partial charge in [0.25, 0.3) is 0 Å². The normalized spacial score (nSPS) is 15.5. The zero-order valence-electron chi connectivity index (χ0n) is 13.0. The van der Waals surface area contributed by atoms with E-state index in [9.17, 15) is 14.4 Å². The number of hydrogen-bond acceptors (Lipinski definition) is 4. The first-order chi connectivity index (χ1) is 10.5. The summed E-state index contributed by atoms with van der Waals surface area (Å²) in [7, 11) is 0. The molecule has 1 aliphatic rings. The minimum absolute atomic E-state index is 0.0690. The molecule has 0 spiro atoms. The molecule has 1 fully saturated rings. The molecule has 0 bridgehead atoms. The Kier molecular flexibility index (Phi) is 5.27. The fourth-order valence-electron chi connectivity index (χ4n) is 2.51. The molecule has 6 nitrogen and oxygen atoms in total. The maximum atomic E-state index is 12.1. The maximum absolute atomic E-state index is 12.1. The Hall–Kier alpha value is -2.21. The van der Waals surface area contributed by atoms with E-state index in [0.717, 1.165) is 0 Å². The molecule has 2 amide bonds. The Bertz CT molecular complexity index is 578. The summed E-state index contributed by atoms with van der Waals surface area (Å²) in [4.78, 5) is 38.7. The molecule has 118 valence electrons. The Labute approximate surface area is 130 Å². The Morgan fingerprint density at radius 3 is 2.27 bits per heavy atom. The number of carbonyl (C=O) groups is 3. The van der Waals surface area contributed by atoms with Gasteiger partial charge >= 0.3 is 0 Å². The van der Waals surface area contributed by atoms with Crippen molar-refractivity contribution < 1.29 is 14.4 Å². The van der Waals surface area contributed by atoms with E-state index in [4.69, 9.17) is 0 Å². The van der Waals surface area contributed by atoms with Crippen LogP contribution in [0.1, 0.15) is 24.2 Å². The second-order valence-corrected chi connectivity index (χ2v) is 5.43. The van der Waals surface area contributed by atoms with Gasteiger partial charge in [-0.25, -0.2) is 0 Å². The van der Waals surface area contributed by atoms with Crippen LogP contribution in [-0.2, 0) is 9.59 Å². The van der Waals surface area contributed by atoms with Gasteiger partial charge < -0.3 is 10.2 Å². The summed E-state index contributed by atoms with van der Waals surface area (Å²) in [5.74, 6) is -0.157. The molecular weight excluding hydrogens is 282 g/mol. The number of benzene rings is 1. The smallest absolute Gasteiger partial charge is 0.238 e. The van der Waals surface area contributed by atoms with Crippen molar-refractivity contribution in [3.05, 3.63) is 29.8 Å². The molecule has 0 aromatic heterocycles. The van der Waals surface area contributed by atoms with E-state index < -0.39 is 0 Å². The summed E-state index contributed by atoms with van der Waals surface area (Å²) >= 11 is 0. The number of piperazine rings is 1. The van der Waals surface area contributed by atoms with Crippen molar-refractivity contribution in [1.82, 2.24) is 9.80 Å². The van der Waals surface area contributed by atoms with Crippen molar-refractivity contribution in [3.63, 3.8) is 0 Å². The molecule has 0 radical (unpaired) electrons. The van der Waals surface area contributed by atoms with Crippen LogP contribution in [-0.4, -0.2) is 60.1 Å². The fourth-order valence-corrected chi connectivity index (χ4v) is 2.51. The highest BCUT2D eigenvalue weighted by atomic mass is 16.2. The number of amides is 2. The van der Waals surface area contributed by atoms with E-state index in [1.807, 2.05) is 4.90 Å². The van der Waals surface area contributed by atoms with Crippen LogP contribution in [0.3, 0.4) is 0 Å². The number of ketones is 1. The summed E-state index contributed by atoms with van der Waals surface area (Å²) in [6.07, 6.45) is 0. The first kappa shape index (κ1) is 16.2. The molecule has 0 atom stereocenters. The van der Waals surface area contributed by atoms with Crippen molar-refractivity contribution >= 4 is 23.3 Å². The quantitative estimate of drug-likeness (QED) is 0.842. The third-order valence-corrected chi connectivity index (χ3v) is 3.77. The van der Waals surface area contributed by atoms with E-state index in [0.29, 0.717) is 37.4 Å². The standard InChI is InChI=1S/C16H21N3O3/c1-12(20)14-5-3-4-6-15(14)17-16(22)11-18-7-9-19(10-8-18)13(2)21/h3-6H,7-11H2,1-2H3,(H,17,22). The highest BCUT2D eigenvalue weighted by Crippen LogP contribution is 2.15. The number of carbonyl (C=O) groups excluding carboxylic acids is 3. The van der Waals surface area contributed by atoms with Crippen molar-refractivity contribution in [2.24, 2.45) is 0 Å². The van der Waals surface area contributed by atoms with Crippen molar-refractivity contribution in [2.45, 2.75) is 13.8 Å². The Morgan fingerprint density at radius 1 is 1.05 bits per heavy atom. The fraction of sp³-hybridized carbons (Fsp3) is 0.438. The lowest BCUT2D eigenvalue weighted by Crippen LogP contribution is -2.49. The van der Waals surface area contributed by atoms with Gasteiger partial charge in [0.15, 0.2) is 5.78 Å². The zero-order chi connectivity index (χ0) is 16.1. The van der Waals surface area contributed by atoms with Crippen LogP contribution in [0.5, 0.6) is 0 Å². The lowest BCUT2D eigenvalue weighted by Gasteiger charge is -2.33. The van der Waals surface area contributed by atoms with E-state index in [-0.39, 0.29) is 24.1 Å². The summed E-state index contributed by atoms with van der Waals surface area (Å²) < 4.78 is 0. The zero-order valence-corrected chi connectivity index (χ0v) is 13.0. The van der Waals surface area contributed by atoms with Gasteiger partial charge in [0.05, 0.1) is 12.2 Å². The summed E-state index contributed by atoms with van der Waals surface area (Å²) in [6, 6.07) is 6.98.